The predicted octanol–water partition coefficient (Wildman–Crippen LogP) is 3.26. The number of amides is 1. The number of carboxylic acids is 1. The van der Waals surface area contributed by atoms with Gasteiger partial charge in [0.1, 0.15) is 12.1 Å². The number of rotatable bonds is 5. The monoisotopic (exact) mass is 501 g/mol. The van der Waals surface area contributed by atoms with E-state index in [0.29, 0.717) is 24.2 Å². The summed E-state index contributed by atoms with van der Waals surface area (Å²) in [5.74, 6) is -0.0520. The van der Waals surface area contributed by atoms with Gasteiger partial charge in [-0.1, -0.05) is 19.4 Å². The molecule has 5 rings (SSSR count). The number of nitrogens with zero attached hydrogens (tertiary/aromatic N) is 1. The predicted molar refractivity (Wildman–Crippen MR) is 130 cm³/mol. The molecule has 8 nitrogen and oxygen atoms in total. The number of likely N-dealkylation sites (tertiary alicyclic amines) is 1. The third-order valence-electron chi connectivity index (χ3n) is 10.6. The van der Waals surface area contributed by atoms with Crippen molar-refractivity contribution in [3.8, 4) is 0 Å². The Morgan fingerprint density at radius 1 is 1.06 bits per heavy atom. The Bertz CT molecular complexity index is 990. The van der Waals surface area contributed by atoms with E-state index in [1.165, 1.54) is 10.5 Å². The van der Waals surface area contributed by atoms with E-state index in [2.05, 4.69) is 13.8 Å². The molecule has 198 valence electrons. The number of hydrogen-bond acceptors (Lipinski definition) is 6. The lowest BCUT2D eigenvalue weighted by Crippen LogP contribution is -2.51. The van der Waals surface area contributed by atoms with Crippen LogP contribution in [0.4, 0.5) is 0 Å². The molecule has 0 unspecified atom stereocenters. The van der Waals surface area contributed by atoms with Gasteiger partial charge in [0.2, 0.25) is 5.91 Å². The number of aliphatic hydroxyl groups is 1. The van der Waals surface area contributed by atoms with Gasteiger partial charge in [-0.3, -0.25) is 14.4 Å². The van der Waals surface area contributed by atoms with E-state index < -0.39 is 30.0 Å². The Labute approximate surface area is 212 Å². The molecule has 0 aromatic heterocycles. The Balaban J connectivity index is 1.19. The molecule has 2 N–H and O–H groups in total. The molecule has 8 atom stereocenters. The van der Waals surface area contributed by atoms with E-state index in [0.717, 1.165) is 44.9 Å². The molecule has 0 aromatic carbocycles. The lowest BCUT2D eigenvalue weighted by Gasteiger charge is -2.57. The molecule has 0 spiro atoms. The molecule has 4 aliphatic carbocycles. The average molecular weight is 502 g/mol. The second-order valence-corrected chi connectivity index (χ2v) is 12.4. The highest BCUT2D eigenvalue weighted by Gasteiger charge is 2.60. The number of ether oxygens (including phenoxy) is 1. The number of carbonyl (C=O) groups excluding carboxylic acids is 3. The first-order chi connectivity index (χ1) is 17.0. The maximum atomic E-state index is 12.8. The largest absolute Gasteiger partial charge is 0.480 e. The standard InChI is InChI=1S/C28H39NO7/c1-27-11-9-17(30)13-16(27)3-4-19-20-5-6-23(28(20,2)12-10-21(19)27)36-25(33)8-7-24(32)29-15-18(31)14-22(29)26(34)35/h13,18-23,31H,3-12,14-15H2,1-2H3,(H,34,35)/t18-,19-,20+,21+,22-,23+,27+,28+/m1/s1. The minimum atomic E-state index is -1.14. The fourth-order valence-corrected chi connectivity index (χ4v) is 8.60. The number of carboxylic acid groups (broad SMARTS) is 1. The van der Waals surface area contributed by atoms with Crippen molar-refractivity contribution in [3.05, 3.63) is 11.6 Å². The highest BCUT2D eigenvalue weighted by molar-refractivity contribution is 5.91. The first kappa shape index (κ1) is 25.4. The fraction of sp³-hybridized carbons (Fsp3) is 0.786. The Morgan fingerprint density at radius 2 is 1.83 bits per heavy atom. The summed E-state index contributed by atoms with van der Waals surface area (Å²) in [6, 6.07) is -1.04. The summed E-state index contributed by atoms with van der Waals surface area (Å²) in [6.07, 6.45) is 8.37. The maximum Gasteiger partial charge on any atom is 0.326 e. The van der Waals surface area contributed by atoms with E-state index in [1.807, 2.05) is 6.08 Å². The smallest absolute Gasteiger partial charge is 0.326 e. The van der Waals surface area contributed by atoms with Crippen molar-refractivity contribution in [1.29, 1.82) is 0 Å². The minimum absolute atomic E-state index is 0.0141. The summed E-state index contributed by atoms with van der Waals surface area (Å²) >= 11 is 0. The molecule has 3 saturated carbocycles. The normalized spacial score (nSPS) is 41.7. The number of fused-ring (bicyclic) bond motifs is 5. The van der Waals surface area contributed by atoms with Crippen LogP contribution in [0, 0.1) is 28.6 Å². The molecule has 0 aromatic rings. The Hall–Kier alpha value is -2.22. The zero-order valence-electron chi connectivity index (χ0n) is 21.4. The molecular formula is C28H39NO7. The van der Waals surface area contributed by atoms with E-state index in [9.17, 15) is 29.4 Å². The number of allylic oxidation sites excluding steroid dienone is 1. The fourth-order valence-electron chi connectivity index (χ4n) is 8.60. The topological polar surface area (TPSA) is 121 Å². The molecule has 1 amide bonds. The number of aliphatic carboxylic acids is 1. The van der Waals surface area contributed by atoms with Crippen LogP contribution in [-0.2, 0) is 23.9 Å². The highest BCUT2D eigenvalue weighted by atomic mass is 16.5. The van der Waals surface area contributed by atoms with E-state index in [1.54, 1.807) is 0 Å². The number of hydrogen-bond donors (Lipinski definition) is 2. The van der Waals surface area contributed by atoms with Crippen LogP contribution in [0.2, 0.25) is 0 Å². The maximum absolute atomic E-state index is 12.8. The number of β-amino-alcohol motifs (C(OH)–C–C–N with tert-alkyl or cyclic N) is 1. The molecule has 1 aliphatic heterocycles. The van der Waals surface area contributed by atoms with Crippen molar-refractivity contribution >= 4 is 23.6 Å². The first-order valence-electron chi connectivity index (χ1n) is 13.7. The molecular weight excluding hydrogens is 462 g/mol. The van der Waals surface area contributed by atoms with Gasteiger partial charge in [-0.2, -0.15) is 0 Å². The Morgan fingerprint density at radius 3 is 2.58 bits per heavy atom. The SMILES string of the molecule is C[C@]12CC[C@H]3[C@H](CCC4=CC(=O)CC[C@@]43C)[C@@H]1CC[C@@H]2OC(=O)CCC(=O)N1C[C@H](O)C[C@@H]1C(=O)O. The number of aliphatic hydroxyl groups excluding tert-OH is 1. The number of carbonyl (C=O) groups is 4. The summed E-state index contributed by atoms with van der Waals surface area (Å²) in [5, 5.41) is 19.1. The van der Waals surface area contributed by atoms with E-state index in [4.69, 9.17) is 4.74 Å². The van der Waals surface area contributed by atoms with Crippen molar-refractivity contribution in [2.45, 2.75) is 103 Å². The zero-order valence-corrected chi connectivity index (χ0v) is 21.4. The molecule has 8 heteroatoms. The van der Waals surface area contributed by atoms with E-state index >= 15 is 0 Å². The molecule has 0 bridgehead atoms. The molecule has 5 aliphatic rings. The summed E-state index contributed by atoms with van der Waals surface area (Å²) in [6.45, 7) is 4.62. The van der Waals surface area contributed by atoms with E-state index in [-0.39, 0.29) is 48.5 Å². The molecule has 1 saturated heterocycles. The first-order valence-corrected chi connectivity index (χ1v) is 13.7. The van der Waals surface area contributed by atoms with Crippen molar-refractivity contribution in [3.63, 3.8) is 0 Å². The molecule has 4 fully saturated rings. The van der Waals surface area contributed by atoms with Gasteiger partial charge in [-0.25, -0.2) is 4.79 Å². The number of ketones is 1. The van der Waals surface area contributed by atoms with Crippen molar-refractivity contribution in [2.24, 2.45) is 28.6 Å². The van der Waals surface area contributed by atoms with Crippen molar-refractivity contribution in [1.82, 2.24) is 4.90 Å². The highest BCUT2D eigenvalue weighted by Crippen LogP contribution is 2.65. The minimum Gasteiger partial charge on any atom is -0.480 e. The summed E-state index contributed by atoms with van der Waals surface area (Å²) in [4.78, 5) is 50.0. The van der Waals surface area contributed by atoms with Crippen LogP contribution in [0.3, 0.4) is 0 Å². The summed E-state index contributed by atoms with van der Waals surface area (Å²) < 4.78 is 5.99. The van der Waals surface area contributed by atoms with Gasteiger partial charge >= 0.3 is 11.9 Å². The average Bonchev–Trinajstić information content (AvgIpc) is 3.38. The van der Waals surface area contributed by atoms with Crippen molar-refractivity contribution < 1.29 is 34.1 Å². The van der Waals surface area contributed by atoms with Crippen LogP contribution in [0.5, 0.6) is 0 Å². The second kappa shape index (κ2) is 9.26. The Kier molecular flexibility index (Phi) is 6.54. The quantitative estimate of drug-likeness (QED) is 0.555. The van der Waals surface area contributed by atoms with Gasteiger partial charge in [-0.15, -0.1) is 0 Å². The van der Waals surface area contributed by atoms with Crippen LogP contribution in [0.1, 0.15) is 84.5 Å². The second-order valence-electron chi connectivity index (χ2n) is 12.4. The molecule has 1 heterocycles. The lowest BCUT2D eigenvalue weighted by molar-refractivity contribution is -0.161. The summed E-state index contributed by atoms with van der Waals surface area (Å²) in [5.41, 5.74) is 1.39. The molecule has 0 radical (unpaired) electrons. The van der Waals surface area contributed by atoms with Crippen molar-refractivity contribution in [2.75, 3.05) is 6.54 Å². The lowest BCUT2D eigenvalue weighted by atomic mass is 9.47. The van der Waals surface area contributed by atoms with Gasteiger partial charge < -0.3 is 19.8 Å². The van der Waals surface area contributed by atoms with Gasteiger partial charge in [0.25, 0.3) is 0 Å². The molecule has 36 heavy (non-hydrogen) atoms. The van der Waals surface area contributed by atoms with Gasteiger partial charge in [0.15, 0.2) is 5.78 Å². The van der Waals surface area contributed by atoms with Gasteiger partial charge in [0.05, 0.1) is 12.5 Å². The third-order valence-corrected chi connectivity index (χ3v) is 10.6. The van der Waals surface area contributed by atoms with Gasteiger partial charge in [-0.05, 0) is 74.2 Å². The van der Waals surface area contributed by atoms with Crippen LogP contribution < -0.4 is 0 Å². The number of esters is 1. The van der Waals surface area contributed by atoms with Crippen LogP contribution in [0.15, 0.2) is 11.6 Å². The summed E-state index contributed by atoms with van der Waals surface area (Å²) in [7, 11) is 0. The van der Waals surface area contributed by atoms with Crippen LogP contribution in [0.25, 0.3) is 0 Å². The third kappa shape index (κ3) is 4.19. The van der Waals surface area contributed by atoms with Crippen LogP contribution in [-0.4, -0.2) is 63.5 Å². The zero-order chi connectivity index (χ0) is 25.8. The van der Waals surface area contributed by atoms with Crippen LogP contribution >= 0.6 is 0 Å². The van der Waals surface area contributed by atoms with Gasteiger partial charge in [0, 0.05) is 31.2 Å².